The number of hydrogen-bond donors (Lipinski definition) is 2. The molecule has 8 heteroatoms. The molecule has 0 saturated heterocycles. The molecule has 0 aliphatic rings. The van der Waals surface area contributed by atoms with Gasteiger partial charge in [0.15, 0.2) is 0 Å². The van der Waals surface area contributed by atoms with Gasteiger partial charge < -0.3 is 4.74 Å². The van der Waals surface area contributed by atoms with E-state index in [4.69, 9.17) is 4.74 Å². The highest BCUT2D eigenvalue weighted by Crippen LogP contribution is 2.27. The van der Waals surface area contributed by atoms with Crippen LogP contribution in [0.15, 0.2) is 18.3 Å². The van der Waals surface area contributed by atoms with E-state index in [0.29, 0.717) is 5.56 Å². The molecule has 0 bridgehead atoms. The summed E-state index contributed by atoms with van der Waals surface area (Å²) in [5, 5.41) is 0. The van der Waals surface area contributed by atoms with Crippen LogP contribution in [0.25, 0.3) is 0 Å². The molecule has 21 heavy (non-hydrogen) atoms. The molecule has 5 nitrogen and oxygen atoms in total. The maximum absolute atomic E-state index is 12.4. The van der Waals surface area contributed by atoms with Crippen LogP contribution < -0.4 is 10.9 Å². The summed E-state index contributed by atoms with van der Waals surface area (Å²) in [4.78, 5) is 14.8. The Kier molecular flexibility index (Phi) is 5.16. The summed E-state index contributed by atoms with van der Waals surface area (Å²) in [5.41, 5.74) is 3.86. The summed E-state index contributed by atoms with van der Waals surface area (Å²) >= 11 is 0. The number of nitrogens with zero attached hydrogens (tertiary/aromatic N) is 1. The van der Waals surface area contributed by atoms with Gasteiger partial charge in [-0.1, -0.05) is 6.07 Å². The van der Waals surface area contributed by atoms with E-state index < -0.39 is 29.6 Å². The number of halogens is 3. The maximum atomic E-state index is 12.4. The van der Waals surface area contributed by atoms with Crippen molar-refractivity contribution in [2.45, 2.75) is 45.5 Å². The van der Waals surface area contributed by atoms with Crippen LogP contribution in [-0.2, 0) is 10.9 Å². The lowest BCUT2D eigenvalue weighted by Crippen LogP contribution is -2.42. The molecule has 0 fully saturated rings. The Labute approximate surface area is 120 Å². The van der Waals surface area contributed by atoms with Crippen LogP contribution in [-0.4, -0.2) is 16.7 Å². The predicted octanol–water partition coefficient (Wildman–Crippen LogP) is 3.19. The predicted molar refractivity (Wildman–Crippen MR) is 70.2 cm³/mol. The van der Waals surface area contributed by atoms with Gasteiger partial charge in [0, 0.05) is 12.2 Å². The van der Waals surface area contributed by atoms with Gasteiger partial charge in [-0.05, 0) is 39.3 Å². The fourth-order valence-electron chi connectivity index (χ4n) is 1.38. The third-order valence-electron chi connectivity index (χ3n) is 2.37. The minimum Gasteiger partial charge on any atom is -0.443 e. The van der Waals surface area contributed by atoms with E-state index in [0.717, 1.165) is 12.3 Å². The fourth-order valence-corrected chi connectivity index (χ4v) is 1.38. The van der Waals surface area contributed by atoms with Crippen molar-refractivity contribution in [1.29, 1.82) is 0 Å². The zero-order valence-electron chi connectivity index (χ0n) is 12.2. The van der Waals surface area contributed by atoms with Crippen molar-refractivity contribution in [3.8, 4) is 0 Å². The molecule has 0 aliphatic carbocycles. The van der Waals surface area contributed by atoms with E-state index in [1.807, 2.05) is 0 Å². The van der Waals surface area contributed by atoms with Crippen LogP contribution in [0.3, 0.4) is 0 Å². The molecule has 1 heterocycles. The topological polar surface area (TPSA) is 63.2 Å². The Morgan fingerprint density at radius 3 is 2.33 bits per heavy atom. The minimum atomic E-state index is -4.47. The van der Waals surface area contributed by atoms with E-state index in [1.165, 1.54) is 6.07 Å². The van der Waals surface area contributed by atoms with E-state index in [1.54, 1.807) is 27.7 Å². The molecule has 2 N–H and O–H groups in total. The van der Waals surface area contributed by atoms with Gasteiger partial charge in [-0.15, -0.1) is 0 Å². The number of amides is 1. The minimum absolute atomic E-state index is 0.424. The summed E-state index contributed by atoms with van der Waals surface area (Å²) in [5.74, 6) is 0. The SMILES string of the molecule is CC(NNC(=O)OC(C)(C)C)c1ccc(C(F)(F)F)nc1. The molecule has 0 spiro atoms. The molecule has 1 rings (SSSR count). The molecular formula is C13H18F3N3O2. The molecular weight excluding hydrogens is 287 g/mol. The van der Waals surface area contributed by atoms with Crippen LogP contribution in [0, 0.1) is 0 Å². The van der Waals surface area contributed by atoms with E-state index in [2.05, 4.69) is 15.8 Å². The lowest BCUT2D eigenvalue weighted by atomic mass is 10.1. The van der Waals surface area contributed by atoms with Crippen molar-refractivity contribution in [2.75, 3.05) is 0 Å². The third kappa shape index (κ3) is 5.99. The number of aromatic nitrogens is 1. The number of rotatable bonds is 3. The van der Waals surface area contributed by atoms with Crippen molar-refractivity contribution >= 4 is 6.09 Å². The van der Waals surface area contributed by atoms with Gasteiger partial charge >= 0.3 is 12.3 Å². The Morgan fingerprint density at radius 2 is 1.90 bits per heavy atom. The number of hydrogen-bond acceptors (Lipinski definition) is 4. The third-order valence-corrected chi connectivity index (χ3v) is 2.37. The average Bonchev–Trinajstić information content (AvgIpc) is 2.33. The molecule has 1 amide bonds. The highest BCUT2D eigenvalue weighted by molar-refractivity contribution is 5.67. The van der Waals surface area contributed by atoms with Crippen molar-refractivity contribution in [1.82, 2.24) is 15.8 Å². The average molecular weight is 305 g/mol. The van der Waals surface area contributed by atoms with Crippen molar-refractivity contribution in [3.63, 3.8) is 0 Å². The van der Waals surface area contributed by atoms with Gasteiger partial charge in [-0.3, -0.25) is 10.4 Å². The molecule has 0 aromatic carbocycles. The number of pyridine rings is 1. The molecule has 0 radical (unpaired) electrons. The number of nitrogens with one attached hydrogen (secondary N) is 2. The highest BCUT2D eigenvalue weighted by atomic mass is 19.4. The van der Waals surface area contributed by atoms with Gasteiger partial charge in [-0.2, -0.15) is 13.2 Å². The summed E-state index contributed by atoms with van der Waals surface area (Å²) < 4.78 is 42.2. The smallest absolute Gasteiger partial charge is 0.433 e. The first-order valence-corrected chi connectivity index (χ1v) is 6.27. The summed E-state index contributed by atoms with van der Waals surface area (Å²) in [6.45, 7) is 6.82. The number of hydrazine groups is 1. The molecule has 0 saturated carbocycles. The maximum Gasteiger partial charge on any atom is 0.433 e. The highest BCUT2D eigenvalue weighted by Gasteiger charge is 2.32. The van der Waals surface area contributed by atoms with Crippen LogP contribution in [0.2, 0.25) is 0 Å². The Hall–Kier alpha value is -1.83. The van der Waals surface area contributed by atoms with Crippen LogP contribution in [0.1, 0.15) is 45.0 Å². The summed E-state index contributed by atoms with van der Waals surface area (Å²) in [6.07, 6.45) is -4.03. The lowest BCUT2D eigenvalue weighted by Gasteiger charge is -2.21. The van der Waals surface area contributed by atoms with Gasteiger partial charge in [-0.25, -0.2) is 10.2 Å². The largest absolute Gasteiger partial charge is 0.443 e. The zero-order valence-corrected chi connectivity index (χ0v) is 12.2. The number of carbonyl (C=O) groups excluding carboxylic acids is 1. The lowest BCUT2D eigenvalue weighted by molar-refractivity contribution is -0.141. The second-order valence-corrected chi connectivity index (χ2v) is 5.47. The summed E-state index contributed by atoms with van der Waals surface area (Å²) in [7, 11) is 0. The molecule has 1 aromatic heterocycles. The molecule has 1 aromatic rings. The van der Waals surface area contributed by atoms with Crippen molar-refractivity contribution in [2.24, 2.45) is 0 Å². The number of alkyl halides is 3. The normalized spacial score (nSPS) is 13.7. The molecule has 118 valence electrons. The van der Waals surface area contributed by atoms with Gasteiger partial charge in [0.2, 0.25) is 0 Å². The van der Waals surface area contributed by atoms with Crippen LogP contribution >= 0.6 is 0 Å². The van der Waals surface area contributed by atoms with E-state index in [9.17, 15) is 18.0 Å². The van der Waals surface area contributed by atoms with Crippen LogP contribution in [0.4, 0.5) is 18.0 Å². The quantitative estimate of drug-likeness (QED) is 0.842. The summed E-state index contributed by atoms with van der Waals surface area (Å²) in [6, 6.07) is 1.76. The second kappa shape index (κ2) is 6.30. The Morgan fingerprint density at radius 1 is 1.29 bits per heavy atom. The van der Waals surface area contributed by atoms with E-state index >= 15 is 0 Å². The van der Waals surface area contributed by atoms with Crippen molar-refractivity contribution < 1.29 is 22.7 Å². The molecule has 0 aliphatic heterocycles. The monoisotopic (exact) mass is 305 g/mol. The van der Waals surface area contributed by atoms with Crippen molar-refractivity contribution in [3.05, 3.63) is 29.6 Å². The fraction of sp³-hybridized carbons (Fsp3) is 0.538. The Bertz CT molecular complexity index is 481. The first-order chi connectivity index (χ1) is 9.49. The molecule has 1 atom stereocenters. The number of ether oxygens (including phenoxy) is 1. The Balaban J connectivity index is 2.56. The van der Waals surface area contributed by atoms with Gasteiger partial charge in [0.1, 0.15) is 11.3 Å². The van der Waals surface area contributed by atoms with Crippen LogP contribution in [0.5, 0.6) is 0 Å². The first-order valence-electron chi connectivity index (χ1n) is 6.27. The first kappa shape index (κ1) is 17.2. The number of carbonyl (C=O) groups is 1. The van der Waals surface area contributed by atoms with E-state index in [-0.39, 0.29) is 0 Å². The van der Waals surface area contributed by atoms with Gasteiger partial charge in [0.05, 0.1) is 0 Å². The zero-order chi connectivity index (χ0) is 16.3. The van der Waals surface area contributed by atoms with Gasteiger partial charge in [0.25, 0.3) is 0 Å². The molecule has 1 unspecified atom stereocenters. The standard InChI is InChI=1S/C13H18F3N3O2/c1-8(18-19-11(20)21-12(2,3)4)9-5-6-10(17-7-9)13(14,15)16/h5-8,18H,1-4H3,(H,19,20). The second-order valence-electron chi connectivity index (χ2n) is 5.47.